The topological polar surface area (TPSA) is 77.6 Å². The van der Waals surface area contributed by atoms with Crippen molar-refractivity contribution in [1.29, 1.82) is 0 Å². The summed E-state index contributed by atoms with van der Waals surface area (Å²) < 4.78 is 3.87. The lowest BCUT2D eigenvalue weighted by Crippen LogP contribution is -2.16. The SMILES string of the molecule is Cc1nn(-c2ccccc2)c(C)c1NC(=O)CSc1nnc(Cc2ccccc2)n1-c1ccccc1. The lowest BCUT2D eigenvalue weighted by atomic mass is 10.1. The molecule has 2 heterocycles. The molecule has 0 aliphatic rings. The molecule has 0 radical (unpaired) electrons. The van der Waals surface area contributed by atoms with Gasteiger partial charge in [0.25, 0.3) is 0 Å². The molecule has 0 unspecified atom stereocenters. The van der Waals surface area contributed by atoms with E-state index >= 15 is 0 Å². The Morgan fingerprint density at radius 1 is 0.833 bits per heavy atom. The summed E-state index contributed by atoms with van der Waals surface area (Å²) in [5, 5.41) is 17.2. The van der Waals surface area contributed by atoms with E-state index in [9.17, 15) is 4.79 Å². The number of amides is 1. The van der Waals surface area contributed by atoms with Gasteiger partial charge in [0.05, 0.1) is 28.5 Å². The first-order chi connectivity index (χ1) is 17.6. The van der Waals surface area contributed by atoms with Crippen molar-refractivity contribution in [3.8, 4) is 11.4 Å². The summed E-state index contributed by atoms with van der Waals surface area (Å²) in [4.78, 5) is 13.0. The van der Waals surface area contributed by atoms with Crippen LogP contribution in [0.3, 0.4) is 0 Å². The van der Waals surface area contributed by atoms with E-state index < -0.39 is 0 Å². The molecule has 3 aromatic carbocycles. The maximum Gasteiger partial charge on any atom is 0.234 e. The number of aromatic nitrogens is 5. The summed E-state index contributed by atoms with van der Waals surface area (Å²) >= 11 is 1.37. The zero-order chi connectivity index (χ0) is 24.9. The fourth-order valence-electron chi connectivity index (χ4n) is 4.07. The van der Waals surface area contributed by atoms with Gasteiger partial charge in [0.2, 0.25) is 5.91 Å². The highest BCUT2D eigenvalue weighted by Gasteiger charge is 2.18. The molecule has 0 aliphatic heterocycles. The van der Waals surface area contributed by atoms with Crippen molar-refractivity contribution in [2.45, 2.75) is 25.4 Å². The number of nitrogens with zero attached hydrogens (tertiary/aromatic N) is 5. The molecule has 0 saturated carbocycles. The van der Waals surface area contributed by atoms with Crippen LogP contribution in [0.2, 0.25) is 0 Å². The number of para-hydroxylation sites is 2. The fourth-order valence-corrected chi connectivity index (χ4v) is 4.84. The van der Waals surface area contributed by atoms with Crippen molar-refractivity contribution in [2.75, 3.05) is 11.1 Å². The van der Waals surface area contributed by atoms with Crippen LogP contribution in [0.4, 0.5) is 5.69 Å². The summed E-state index contributed by atoms with van der Waals surface area (Å²) in [5.41, 5.74) is 5.46. The van der Waals surface area contributed by atoms with Gasteiger partial charge in [-0.1, -0.05) is 78.5 Å². The van der Waals surface area contributed by atoms with E-state index in [0.29, 0.717) is 11.6 Å². The molecule has 2 aromatic heterocycles. The third-order valence-electron chi connectivity index (χ3n) is 5.81. The molecule has 5 rings (SSSR count). The van der Waals surface area contributed by atoms with Gasteiger partial charge >= 0.3 is 0 Å². The molecule has 8 heteroatoms. The summed E-state index contributed by atoms with van der Waals surface area (Å²) in [6, 6.07) is 30.1. The van der Waals surface area contributed by atoms with Crippen molar-refractivity contribution in [1.82, 2.24) is 24.5 Å². The number of thioether (sulfide) groups is 1. The molecule has 0 saturated heterocycles. The van der Waals surface area contributed by atoms with E-state index in [4.69, 9.17) is 0 Å². The quantitative estimate of drug-likeness (QED) is 0.293. The minimum Gasteiger partial charge on any atom is -0.322 e. The lowest BCUT2D eigenvalue weighted by Gasteiger charge is -2.11. The number of aryl methyl sites for hydroxylation is 1. The van der Waals surface area contributed by atoms with Crippen LogP contribution in [0.15, 0.2) is 96.2 Å². The number of benzene rings is 3. The van der Waals surface area contributed by atoms with E-state index in [2.05, 4.69) is 32.7 Å². The Morgan fingerprint density at radius 3 is 2.11 bits per heavy atom. The summed E-state index contributed by atoms with van der Waals surface area (Å²) in [5.74, 6) is 0.906. The molecular formula is C28H26N6OS. The molecule has 0 fully saturated rings. The molecular weight excluding hydrogens is 468 g/mol. The molecule has 0 spiro atoms. The molecule has 36 heavy (non-hydrogen) atoms. The van der Waals surface area contributed by atoms with E-state index in [1.807, 2.05) is 102 Å². The van der Waals surface area contributed by atoms with Gasteiger partial charge in [0.15, 0.2) is 5.16 Å². The average Bonchev–Trinajstić information content (AvgIpc) is 3.44. The first kappa shape index (κ1) is 23.6. The van der Waals surface area contributed by atoms with Gasteiger partial charge in [0, 0.05) is 12.1 Å². The number of nitrogens with one attached hydrogen (secondary N) is 1. The third kappa shape index (κ3) is 5.08. The Balaban J connectivity index is 1.34. The first-order valence-electron chi connectivity index (χ1n) is 11.7. The predicted octanol–water partition coefficient (Wildman–Crippen LogP) is 5.39. The summed E-state index contributed by atoms with van der Waals surface area (Å²) in [6.45, 7) is 3.86. The van der Waals surface area contributed by atoms with E-state index in [0.717, 1.165) is 39.8 Å². The predicted molar refractivity (Wildman–Crippen MR) is 143 cm³/mol. The number of carbonyl (C=O) groups is 1. The van der Waals surface area contributed by atoms with Gasteiger partial charge in [-0.05, 0) is 43.7 Å². The van der Waals surface area contributed by atoms with E-state index in [1.54, 1.807) is 0 Å². The van der Waals surface area contributed by atoms with Gasteiger partial charge in [-0.25, -0.2) is 4.68 Å². The molecule has 1 N–H and O–H groups in total. The number of carbonyl (C=O) groups excluding carboxylic acids is 1. The lowest BCUT2D eigenvalue weighted by molar-refractivity contribution is -0.113. The number of rotatable bonds is 8. The standard InChI is InChI=1S/C28H26N6OS/c1-20-27(21(2)34(32-20)24-16-10-5-11-17-24)29-26(35)19-36-28-31-30-25(18-22-12-6-3-7-13-22)33(28)23-14-8-4-9-15-23/h3-17H,18-19H2,1-2H3,(H,29,35). The van der Waals surface area contributed by atoms with Gasteiger partial charge in [-0.2, -0.15) is 5.10 Å². The molecule has 7 nitrogen and oxygen atoms in total. The van der Waals surface area contributed by atoms with Crippen LogP contribution in [0.1, 0.15) is 22.8 Å². The number of hydrogen-bond acceptors (Lipinski definition) is 5. The van der Waals surface area contributed by atoms with Crippen LogP contribution in [-0.2, 0) is 11.2 Å². The zero-order valence-electron chi connectivity index (χ0n) is 20.1. The van der Waals surface area contributed by atoms with Crippen LogP contribution in [-0.4, -0.2) is 36.2 Å². The minimum absolute atomic E-state index is 0.119. The highest BCUT2D eigenvalue weighted by molar-refractivity contribution is 7.99. The highest BCUT2D eigenvalue weighted by atomic mass is 32.2. The normalized spacial score (nSPS) is 10.9. The Labute approximate surface area is 214 Å². The molecule has 0 atom stereocenters. The van der Waals surface area contributed by atoms with Crippen molar-refractivity contribution in [3.63, 3.8) is 0 Å². The highest BCUT2D eigenvalue weighted by Crippen LogP contribution is 2.26. The Kier molecular flexibility index (Phi) is 6.95. The molecule has 0 bridgehead atoms. The molecule has 5 aromatic rings. The van der Waals surface area contributed by atoms with Crippen LogP contribution in [0.25, 0.3) is 11.4 Å². The van der Waals surface area contributed by atoms with Crippen molar-refractivity contribution < 1.29 is 4.79 Å². The van der Waals surface area contributed by atoms with E-state index in [1.165, 1.54) is 11.8 Å². The molecule has 0 aliphatic carbocycles. The minimum atomic E-state index is -0.119. The molecule has 1 amide bonds. The van der Waals surface area contributed by atoms with Gasteiger partial charge in [0.1, 0.15) is 5.82 Å². The average molecular weight is 495 g/mol. The summed E-state index contributed by atoms with van der Waals surface area (Å²) in [7, 11) is 0. The third-order valence-corrected chi connectivity index (χ3v) is 6.74. The number of hydrogen-bond donors (Lipinski definition) is 1. The largest absolute Gasteiger partial charge is 0.322 e. The van der Waals surface area contributed by atoms with Gasteiger partial charge in [-0.3, -0.25) is 9.36 Å². The monoisotopic (exact) mass is 494 g/mol. The first-order valence-corrected chi connectivity index (χ1v) is 12.7. The maximum absolute atomic E-state index is 13.0. The Morgan fingerprint density at radius 2 is 1.44 bits per heavy atom. The van der Waals surface area contributed by atoms with Crippen molar-refractivity contribution >= 4 is 23.4 Å². The van der Waals surface area contributed by atoms with Crippen molar-refractivity contribution in [2.24, 2.45) is 0 Å². The maximum atomic E-state index is 13.0. The smallest absolute Gasteiger partial charge is 0.234 e. The van der Waals surface area contributed by atoms with Crippen LogP contribution < -0.4 is 5.32 Å². The fraction of sp³-hybridized carbons (Fsp3) is 0.143. The molecule has 180 valence electrons. The van der Waals surface area contributed by atoms with Crippen LogP contribution in [0, 0.1) is 13.8 Å². The number of anilines is 1. The van der Waals surface area contributed by atoms with Crippen LogP contribution >= 0.6 is 11.8 Å². The van der Waals surface area contributed by atoms with E-state index in [-0.39, 0.29) is 11.7 Å². The second-order valence-corrected chi connectivity index (χ2v) is 9.30. The van der Waals surface area contributed by atoms with Crippen molar-refractivity contribution in [3.05, 3.63) is 114 Å². The van der Waals surface area contributed by atoms with Gasteiger partial charge < -0.3 is 5.32 Å². The van der Waals surface area contributed by atoms with Crippen LogP contribution in [0.5, 0.6) is 0 Å². The van der Waals surface area contributed by atoms with Gasteiger partial charge in [-0.15, -0.1) is 10.2 Å². The second kappa shape index (κ2) is 10.6. The summed E-state index contributed by atoms with van der Waals surface area (Å²) in [6.07, 6.45) is 0.645. The Bertz CT molecular complexity index is 1460. The zero-order valence-corrected chi connectivity index (χ0v) is 20.9. The second-order valence-electron chi connectivity index (χ2n) is 8.36. The Hall–Kier alpha value is -4.17.